The van der Waals surface area contributed by atoms with Gasteiger partial charge in [0.25, 0.3) is 5.69 Å². The van der Waals surface area contributed by atoms with Crippen molar-refractivity contribution in [2.45, 2.75) is 0 Å². The molecule has 98 valence electrons. The van der Waals surface area contributed by atoms with Crippen LogP contribution in [0, 0.1) is 21.7 Å². The molecule has 0 aromatic heterocycles. The van der Waals surface area contributed by atoms with Crippen LogP contribution >= 0.6 is 0 Å². The number of hydrogen-bond donors (Lipinski definition) is 1. The van der Waals surface area contributed by atoms with E-state index in [9.17, 15) is 18.9 Å². The van der Waals surface area contributed by atoms with E-state index in [0.29, 0.717) is 0 Å². The molecule has 0 aliphatic rings. The van der Waals surface area contributed by atoms with Gasteiger partial charge in [0.2, 0.25) is 0 Å². The van der Waals surface area contributed by atoms with E-state index in [-0.39, 0.29) is 22.9 Å². The molecule has 19 heavy (non-hydrogen) atoms. The van der Waals surface area contributed by atoms with Gasteiger partial charge in [0.15, 0.2) is 11.6 Å². The molecule has 0 atom stereocenters. The van der Waals surface area contributed by atoms with E-state index in [4.69, 9.17) is 10.5 Å². The summed E-state index contributed by atoms with van der Waals surface area (Å²) in [5.41, 5.74) is 5.37. The van der Waals surface area contributed by atoms with Gasteiger partial charge in [-0.25, -0.2) is 8.78 Å². The lowest BCUT2D eigenvalue weighted by Gasteiger charge is -2.06. The van der Waals surface area contributed by atoms with Crippen LogP contribution in [0.4, 0.5) is 20.2 Å². The van der Waals surface area contributed by atoms with Gasteiger partial charge in [-0.1, -0.05) is 0 Å². The number of anilines is 1. The van der Waals surface area contributed by atoms with E-state index in [0.717, 1.165) is 24.3 Å². The van der Waals surface area contributed by atoms with Crippen molar-refractivity contribution in [3.63, 3.8) is 0 Å². The molecule has 2 aromatic carbocycles. The molecule has 7 heteroatoms. The van der Waals surface area contributed by atoms with Crippen molar-refractivity contribution >= 4 is 11.4 Å². The summed E-state index contributed by atoms with van der Waals surface area (Å²) in [6.07, 6.45) is 0. The number of nitrogens with two attached hydrogens (primary N) is 1. The first-order chi connectivity index (χ1) is 8.95. The maximum Gasteiger partial charge on any atom is 0.275 e. The highest BCUT2D eigenvalue weighted by Crippen LogP contribution is 2.28. The van der Waals surface area contributed by atoms with E-state index in [1.807, 2.05) is 0 Å². The van der Waals surface area contributed by atoms with Crippen LogP contribution in [0.3, 0.4) is 0 Å². The first-order valence-corrected chi connectivity index (χ1v) is 5.13. The molecule has 0 fully saturated rings. The Morgan fingerprint density at radius 3 is 2.42 bits per heavy atom. The molecule has 0 heterocycles. The summed E-state index contributed by atoms with van der Waals surface area (Å²) in [5.74, 6) is -2.00. The largest absolute Gasteiger partial charge is 0.457 e. The monoisotopic (exact) mass is 266 g/mol. The van der Waals surface area contributed by atoms with Crippen molar-refractivity contribution in [2.24, 2.45) is 0 Å². The predicted molar refractivity (Wildman–Crippen MR) is 63.9 cm³/mol. The number of non-ortho nitro benzene ring substituents is 1. The fourth-order valence-electron chi connectivity index (χ4n) is 1.45. The summed E-state index contributed by atoms with van der Waals surface area (Å²) in [6.45, 7) is 0. The van der Waals surface area contributed by atoms with E-state index < -0.39 is 16.6 Å². The summed E-state index contributed by atoms with van der Waals surface area (Å²) in [6, 6.07) is 6.58. The van der Waals surface area contributed by atoms with Gasteiger partial charge in [0.1, 0.15) is 11.5 Å². The van der Waals surface area contributed by atoms with E-state index in [2.05, 4.69) is 0 Å². The molecule has 0 aliphatic heterocycles. The zero-order chi connectivity index (χ0) is 14.0. The molecule has 0 unspecified atom stereocenters. The molecule has 0 radical (unpaired) electrons. The summed E-state index contributed by atoms with van der Waals surface area (Å²) in [5, 5.41) is 10.6. The molecule has 0 spiro atoms. The highest BCUT2D eigenvalue weighted by molar-refractivity contribution is 5.54. The average Bonchev–Trinajstić information content (AvgIpc) is 2.33. The quantitative estimate of drug-likeness (QED) is 0.525. The smallest absolute Gasteiger partial charge is 0.275 e. The molecular formula is C12H8F2N2O3. The number of rotatable bonds is 3. The highest BCUT2D eigenvalue weighted by Gasteiger charge is 2.11. The van der Waals surface area contributed by atoms with Crippen LogP contribution in [0.5, 0.6) is 11.5 Å². The molecule has 5 nitrogen and oxygen atoms in total. The number of ether oxygens (including phenoxy) is 1. The van der Waals surface area contributed by atoms with Gasteiger partial charge >= 0.3 is 0 Å². The van der Waals surface area contributed by atoms with Crippen LogP contribution in [0.1, 0.15) is 0 Å². The second-order valence-corrected chi connectivity index (χ2v) is 3.70. The third kappa shape index (κ3) is 2.95. The minimum atomic E-state index is -1.07. The minimum absolute atomic E-state index is 0.0128. The Hall–Kier alpha value is -2.70. The van der Waals surface area contributed by atoms with Crippen LogP contribution in [-0.2, 0) is 0 Å². The van der Waals surface area contributed by atoms with Gasteiger partial charge in [0.05, 0.1) is 11.0 Å². The number of nitrogens with zero attached hydrogens (tertiary/aromatic N) is 1. The fraction of sp³-hybridized carbons (Fsp3) is 0. The molecule has 0 saturated carbocycles. The standard InChI is InChI=1S/C12H8F2N2O3/c13-11-2-1-9(6-12(11)14)19-10-4-7(15)3-8(5-10)16(17)18/h1-6H,15H2. The number of nitro groups is 1. The Morgan fingerprint density at radius 1 is 1.05 bits per heavy atom. The summed E-state index contributed by atoms with van der Waals surface area (Å²) in [4.78, 5) is 10.0. The van der Waals surface area contributed by atoms with Crippen LogP contribution in [0.25, 0.3) is 0 Å². The van der Waals surface area contributed by atoms with Gasteiger partial charge in [-0.3, -0.25) is 10.1 Å². The second-order valence-electron chi connectivity index (χ2n) is 3.70. The molecule has 2 N–H and O–H groups in total. The first kappa shape index (κ1) is 12.7. The number of nitro benzene ring substituents is 1. The Morgan fingerprint density at radius 2 is 1.79 bits per heavy atom. The SMILES string of the molecule is Nc1cc(Oc2ccc(F)c(F)c2)cc([N+](=O)[O-])c1. The number of nitrogen functional groups attached to an aromatic ring is 1. The van der Waals surface area contributed by atoms with Gasteiger partial charge in [0, 0.05) is 23.9 Å². The average molecular weight is 266 g/mol. The van der Waals surface area contributed by atoms with Crippen LogP contribution in [-0.4, -0.2) is 4.92 Å². The summed E-state index contributed by atoms with van der Waals surface area (Å²) in [7, 11) is 0. The normalized spacial score (nSPS) is 10.2. The van der Waals surface area contributed by atoms with E-state index >= 15 is 0 Å². The van der Waals surface area contributed by atoms with Crippen molar-refractivity contribution in [2.75, 3.05) is 5.73 Å². The summed E-state index contributed by atoms with van der Waals surface area (Å²) >= 11 is 0. The molecule has 0 saturated heterocycles. The van der Waals surface area contributed by atoms with Crippen LogP contribution in [0.2, 0.25) is 0 Å². The molecule has 0 amide bonds. The highest BCUT2D eigenvalue weighted by atomic mass is 19.2. The van der Waals surface area contributed by atoms with Crippen molar-refractivity contribution in [1.82, 2.24) is 0 Å². The molecule has 0 bridgehead atoms. The van der Waals surface area contributed by atoms with Crippen molar-refractivity contribution in [1.29, 1.82) is 0 Å². The number of halogens is 2. The fourth-order valence-corrected chi connectivity index (χ4v) is 1.45. The van der Waals surface area contributed by atoms with Crippen molar-refractivity contribution < 1.29 is 18.4 Å². The van der Waals surface area contributed by atoms with Crippen molar-refractivity contribution in [3.05, 3.63) is 58.1 Å². The van der Waals surface area contributed by atoms with Gasteiger partial charge < -0.3 is 10.5 Å². The third-order valence-corrected chi connectivity index (χ3v) is 2.25. The van der Waals surface area contributed by atoms with Gasteiger partial charge in [-0.15, -0.1) is 0 Å². The van der Waals surface area contributed by atoms with Gasteiger partial charge in [-0.2, -0.15) is 0 Å². The van der Waals surface area contributed by atoms with Crippen molar-refractivity contribution in [3.8, 4) is 11.5 Å². The molecule has 2 aromatic rings. The third-order valence-electron chi connectivity index (χ3n) is 2.25. The molecular weight excluding hydrogens is 258 g/mol. The number of hydrogen-bond acceptors (Lipinski definition) is 4. The Labute approximate surface area is 106 Å². The zero-order valence-corrected chi connectivity index (χ0v) is 9.47. The zero-order valence-electron chi connectivity index (χ0n) is 9.47. The molecule has 0 aliphatic carbocycles. The van der Waals surface area contributed by atoms with Crippen LogP contribution in [0.15, 0.2) is 36.4 Å². The summed E-state index contributed by atoms with van der Waals surface area (Å²) < 4.78 is 30.9. The second kappa shape index (κ2) is 4.89. The molecule has 2 rings (SSSR count). The van der Waals surface area contributed by atoms with E-state index in [1.165, 1.54) is 12.1 Å². The van der Waals surface area contributed by atoms with Gasteiger partial charge in [-0.05, 0) is 12.1 Å². The Balaban J connectivity index is 2.32. The Bertz CT molecular complexity index is 647. The maximum absolute atomic E-state index is 13.0. The van der Waals surface area contributed by atoms with E-state index in [1.54, 1.807) is 0 Å². The van der Waals surface area contributed by atoms with Crippen LogP contribution < -0.4 is 10.5 Å². The lowest BCUT2D eigenvalue weighted by Crippen LogP contribution is -1.94. The lowest BCUT2D eigenvalue weighted by molar-refractivity contribution is -0.384. The minimum Gasteiger partial charge on any atom is -0.457 e. The lowest BCUT2D eigenvalue weighted by atomic mass is 10.2. The first-order valence-electron chi connectivity index (χ1n) is 5.13. The maximum atomic E-state index is 13.0. The Kier molecular flexibility index (Phi) is 3.28. The predicted octanol–water partition coefficient (Wildman–Crippen LogP) is 3.25. The number of benzene rings is 2. The topological polar surface area (TPSA) is 78.4 Å².